The highest BCUT2D eigenvalue weighted by Gasteiger charge is 2.29. The maximum atomic E-state index is 11.6. The summed E-state index contributed by atoms with van der Waals surface area (Å²) in [4.78, 5) is 11.6. The standard InChI is InChI=1S/C11H20N2O3S/c1-8(2)11(3,7-12)13-10(16)6-17-5-9(15)4-14/h8-9,14-15H,4-6H2,1-3H3,(H,13,16). The SMILES string of the molecule is CC(C)C(C)(C#N)NC(=O)CSCC(O)CO. The molecular weight excluding hydrogens is 240 g/mol. The number of carbonyl (C=O) groups excluding carboxylic acids is 1. The maximum absolute atomic E-state index is 11.6. The van der Waals surface area contributed by atoms with E-state index in [0.717, 1.165) is 0 Å². The number of nitrogens with one attached hydrogen (secondary N) is 1. The van der Waals surface area contributed by atoms with Crippen molar-refractivity contribution in [2.45, 2.75) is 32.4 Å². The van der Waals surface area contributed by atoms with Crippen LogP contribution in [0.15, 0.2) is 0 Å². The fourth-order valence-corrected chi connectivity index (χ4v) is 1.72. The number of amides is 1. The minimum Gasteiger partial charge on any atom is -0.394 e. The van der Waals surface area contributed by atoms with E-state index in [1.54, 1.807) is 6.92 Å². The van der Waals surface area contributed by atoms with Gasteiger partial charge in [0, 0.05) is 5.75 Å². The van der Waals surface area contributed by atoms with E-state index in [1.807, 2.05) is 13.8 Å². The molecule has 0 aliphatic heterocycles. The van der Waals surface area contributed by atoms with Crippen LogP contribution >= 0.6 is 11.8 Å². The Bertz CT molecular complexity index is 291. The molecule has 0 aromatic carbocycles. The van der Waals surface area contributed by atoms with Gasteiger partial charge in [0.1, 0.15) is 5.54 Å². The average molecular weight is 260 g/mol. The van der Waals surface area contributed by atoms with Gasteiger partial charge in [0.2, 0.25) is 5.91 Å². The average Bonchev–Trinajstić information content (AvgIpc) is 2.28. The summed E-state index contributed by atoms with van der Waals surface area (Å²) < 4.78 is 0. The Kier molecular flexibility index (Phi) is 7.19. The van der Waals surface area contributed by atoms with Crippen molar-refractivity contribution in [3.05, 3.63) is 0 Å². The predicted molar refractivity (Wildman–Crippen MR) is 67.4 cm³/mol. The van der Waals surface area contributed by atoms with Gasteiger partial charge in [-0.2, -0.15) is 5.26 Å². The highest BCUT2D eigenvalue weighted by Crippen LogP contribution is 2.15. The van der Waals surface area contributed by atoms with Gasteiger partial charge in [0.25, 0.3) is 0 Å². The number of hydrogen-bond acceptors (Lipinski definition) is 5. The van der Waals surface area contributed by atoms with Crippen LogP contribution in [-0.2, 0) is 4.79 Å². The number of aliphatic hydroxyl groups is 2. The van der Waals surface area contributed by atoms with Crippen LogP contribution in [0.1, 0.15) is 20.8 Å². The number of carbonyl (C=O) groups is 1. The molecule has 0 aliphatic rings. The van der Waals surface area contributed by atoms with Gasteiger partial charge < -0.3 is 15.5 Å². The Labute approximate surface area is 106 Å². The van der Waals surface area contributed by atoms with E-state index in [2.05, 4.69) is 11.4 Å². The van der Waals surface area contributed by atoms with E-state index in [9.17, 15) is 4.79 Å². The lowest BCUT2D eigenvalue weighted by molar-refractivity contribution is -0.120. The Hall–Kier alpha value is -0.770. The summed E-state index contributed by atoms with van der Waals surface area (Å²) >= 11 is 1.23. The summed E-state index contributed by atoms with van der Waals surface area (Å²) in [5.41, 5.74) is -0.868. The zero-order chi connectivity index (χ0) is 13.5. The third-order valence-electron chi connectivity index (χ3n) is 2.54. The largest absolute Gasteiger partial charge is 0.394 e. The molecule has 0 aromatic rings. The molecule has 3 N–H and O–H groups in total. The first-order valence-corrected chi connectivity index (χ1v) is 6.60. The minimum absolute atomic E-state index is 0.0180. The molecule has 0 aliphatic carbocycles. The van der Waals surface area contributed by atoms with E-state index < -0.39 is 11.6 Å². The molecule has 2 unspecified atom stereocenters. The molecule has 98 valence electrons. The molecule has 0 heterocycles. The second kappa shape index (κ2) is 7.54. The third kappa shape index (κ3) is 5.91. The number of hydrogen-bond donors (Lipinski definition) is 3. The Morgan fingerprint density at radius 2 is 2.18 bits per heavy atom. The molecule has 0 bridgehead atoms. The van der Waals surface area contributed by atoms with Gasteiger partial charge in [-0.1, -0.05) is 13.8 Å². The number of thioether (sulfide) groups is 1. The molecule has 0 saturated heterocycles. The topological polar surface area (TPSA) is 93.4 Å². The number of nitrogens with zero attached hydrogens (tertiary/aromatic N) is 1. The molecule has 0 saturated carbocycles. The van der Waals surface area contributed by atoms with E-state index in [0.29, 0.717) is 5.75 Å². The monoisotopic (exact) mass is 260 g/mol. The number of nitriles is 1. The first-order chi connectivity index (χ1) is 7.85. The van der Waals surface area contributed by atoms with Crippen molar-refractivity contribution in [2.75, 3.05) is 18.1 Å². The summed E-state index contributed by atoms with van der Waals surface area (Å²) in [6.07, 6.45) is -0.805. The van der Waals surface area contributed by atoms with E-state index >= 15 is 0 Å². The van der Waals surface area contributed by atoms with Gasteiger partial charge in [-0.05, 0) is 12.8 Å². The molecule has 1 amide bonds. The smallest absolute Gasteiger partial charge is 0.231 e. The van der Waals surface area contributed by atoms with Gasteiger partial charge in [0.05, 0.1) is 24.5 Å². The van der Waals surface area contributed by atoms with Crippen LogP contribution in [0, 0.1) is 17.2 Å². The fraction of sp³-hybridized carbons (Fsp3) is 0.818. The second-order valence-corrected chi connectivity index (χ2v) is 5.40. The molecule has 6 heteroatoms. The summed E-state index contributed by atoms with van der Waals surface area (Å²) in [5.74, 6) is 0.248. The van der Waals surface area contributed by atoms with Crippen molar-refractivity contribution in [1.29, 1.82) is 5.26 Å². The number of aliphatic hydroxyl groups excluding tert-OH is 2. The lowest BCUT2D eigenvalue weighted by atomic mass is 9.90. The first kappa shape index (κ1) is 16.2. The first-order valence-electron chi connectivity index (χ1n) is 5.44. The van der Waals surface area contributed by atoms with Crippen LogP contribution in [0.25, 0.3) is 0 Å². The Morgan fingerprint density at radius 1 is 1.59 bits per heavy atom. The van der Waals surface area contributed by atoms with Crippen LogP contribution in [0.3, 0.4) is 0 Å². The zero-order valence-electron chi connectivity index (χ0n) is 10.4. The van der Waals surface area contributed by atoms with Crippen LogP contribution in [0.4, 0.5) is 0 Å². The van der Waals surface area contributed by atoms with Crippen LogP contribution in [0.5, 0.6) is 0 Å². The van der Waals surface area contributed by atoms with Crippen LogP contribution < -0.4 is 5.32 Å². The highest BCUT2D eigenvalue weighted by molar-refractivity contribution is 7.99. The van der Waals surface area contributed by atoms with Crippen LogP contribution in [0.2, 0.25) is 0 Å². The molecule has 2 atom stereocenters. The van der Waals surface area contributed by atoms with E-state index in [1.165, 1.54) is 11.8 Å². The Balaban J connectivity index is 4.06. The quantitative estimate of drug-likeness (QED) is 0.605. The van der Waals surface area contributed by atoms with Crippen molar-refractivity contribution in [2.24, 2.45) is 5.92 Å². The maximum Gasteiger partial charge on any atom is 0.231 e. The number of rotatable bonds is 7. The van der Waals surface area contributed by atoms with Crippen molar-refractivity contribution < 1.29 is 15.0 Å². The molecule has 0 fully saturated rings. The second-order valence-electron chi connectivity index (χ2n) is 4.37. The van der Waals surface area contributed by atoms with Gasteiger partial charge in [0.15, 0.2) is 0 Å². The van der Waals surface area contributed by atoms with Crippen LogP contribution in [-0.4, -0.2) is 45.9 Å². The summed E-state index contributed by atoms with van der Waals surface area (Å²) in [6, 6.07) is 2.09. The zero-order valence-corrected chi connectivity index (χ0v) is 11.3. The summed E-state index contributed by atoms with van der Waals surface area (Å²) in [5, 5.41) is 29.4. The minimum atomic E-state index is -0.868. The lowest BCUT2D eigenvalue weighted by Crippen LogP contribution is -2.49. The predicted octanol–water partition coefficient (Wildman–Crippen LogP) is 0.127. The normalized spacial score (nSPS) is 16.1. The van der Waals surface area contributed by atoms with E-state index in [-0.39, 0.29) is 24.2 Å². The third-order valence-corrected chi connectivity index (χ3v) is 3.63. The summed E-state index contributed by atoms with van der Waals surface area (Å²) in [7, 11) is 0. The molecule has 0 rings (SSSR count). The van der Waals surface area contributed by atoms with Gasteiger partial charge in [-0.3, -0.25) is 4.79 Å². The summed E-state index contributed by atoms with van der Waals surface area (Å²) in [6.45, 7) is 5.11. The Morgan fingerprint density at radius 3 is 2.59 bits per heavy atom. The molecule has 0 spiro atoms. The molecule has 0 aromatic heterocycles. The highest BCUT2D eigenvalue weighted by atomic mass is 32.2. The van der Waals surface area contributed by atoms with Crippen molar-refractivity contribution in [3.8, 4) is 6.07 Å². The van der Waals surface area contributed by atoms with E-state index in [4.69, 9.17) is 15.5 Å². The molecule has 0 radical (unpaired) electrons. The van der Waals surface area contributed by atoms with Gasteiger partial charge in [-0.15, -0.1) is 11.8 Å². The van der Waals surface area contributed by atoms with Gasteiger partial charge in [-0.25, -0.2) is 0 Å². The lowest BCUT2D eigenvalue weighted by Gasteiger charge is -2.27. The molecule has 5 nitrogen and oxygen atoms in total. The van der Waals surface area contributed by atoms with Crippen molar-refractivity contribution in [3.63, 3.8) is 0 Å². The fourth-order valence-electron chi connectivity index (χ4n) is 0.967. The van der Waals surface area contributed by atoms with Crippen molar-refractivity contribution in [1.82, 2.24) is 5.32 Å². The molecular formula is C11H20N2O3S. The molecule has 17 heavy (non-hydrogen) atoms. The van der Waals surface area contributed by atoms with Gasteiger partial charge >= 0.3 is 0 Å². The van der Waals surface area contributed by atoms with Crippen molar-refractivity contribution >= 4 is 17.7 Å².